The Labute approximate surface area is 157 Å². The second-order valence-corrected chi connectivity index (χ2v) is 8.57. The predicted octanol–water partition coefficient (Wildman–Crippen LogP) is 3.14. The van der Waals surface area contributed by atoms with Gasteiger partial charge in [0.2, 0.25) is 5.91 Å². The van der Waals surface area contributed by atoms with E-state index in [9.17, 15) is 4.79 Å². The third-order valence-corrected chi connectivity index (χ3v) is 6.74. The highest BCUT2D eigenvalue weighted by atomic mass is 16.2. The van der Waals surface area contributed by atoms with Gasteiger partial charge < -0.3 is 10.2 Å². The van der Waals surface area contributed by atoms with Gasteiger partial charge >= 0.3 is 0 Å². The van der Waals surface area contributed by atoms with Crippen molar-refractivity contribution in [3.8, 4) is 0 Å². The Morgan fingerprint density at radius 3 is 2.62 bits per heavy atom. The fourth-order valence-electron chi connectivity index (χ4n) is 5.21. The lowest BCUT2D eigenvalue weighted by Gasteiger charge is -2.41. The van der Waals surface area contributed by atoms with Gasteiger partial charge in [-0.1, -0.05) is 37.5 Å². The second kappa shape index (κ2) is 8.43. The monoisotopic (exact) mass is 355 g/mol. The van der Waals surface area contributed by atoms with Crippen molar-refractivity contribution in [2.24, 2.45) is 17.8 Å². The summed E-state index contributed by atoms with van der Waals surface area (Å²) in [6.45, 7) is 5.82. The molecule has 0 bridgehead atoms. The second-order valence-electron chi connectivity index (χ2n) is 8.57. The molecule has 4 heteroatoms. The summed E-state index contributed by atoms with van der Waals surface area (Å²) < 4.78 is 0. The molecule has 0 aromatic heterocycles. The van der Waals surface area contributed by atoms with Crippen molar-refractivity contribution >= 4 is 11.6 Å². The van der Waals surface area contributed by atoms with E-state index in [1.807, 2.05) is 0 Å². The fraction of sp³-hybridized carbons (Fsp3) is 0.682. The molecule has 0 spiro atoms. The van der Waals surface area contributed by atoms with Crippen LogP contribution in [0.2, 0.25) is 0 Å². The van der Waals surface area contributed by atoms with E-state index in [4.69, 9.17) is 0 Å². The average molecular weight is 356 g/mol. The minimum Gasteiger partial charge on any atom is -0.371 e. The summed E-state index contributed by atoms with van der Waals surface area (Å²) >= 11 is 0. The van der Waals surface area contributed by atoms with Crippen LogP contribution in [-0.4, -0.2) is 50.1 Å². The summed E-state index contributed by atoms with van der Waals surface area (Å²) in [6.07, 6.45) is 8.07. The number of fused-ring (bicyclic) bond motifs is 1. The SMILES string of the molecule is O=C(CN1CC[C@@H]2CCCC[C@H]2C1)NC[C@@H]1CCN(c2ccccc2)C1. The van der Waals surface area contributed by atoms with Gasteiger partial charge in [0.05, 0.1) is 6.54 Å². The molecule has 142 valence electrons. The van der Waals surface area contributed by atoms with Gasteiger partial charge in [-0.2, -0.15) is 0 Å². The Hall–Kier alpha value is -1.55. The topological polar surface area (TPSA) is 35.6 Å². The smallest absolute Gasteiger partial charge is 0.234 e. The molecule has 3 aliphatic rings. The maximum absolute atomic E-state index is 12.4. The van der Waals surface area contributed by atoms with Crippen LogP contribution in [0.25, 0.3) is 0 Å². The lowest BCUT2D eigenvalue weighted by molar-refractivity contribution is -0.123. The lowest BCUT2D eigenvalue weighted by Crippen LogP contribution is -2.46. The quantitative estimate of drug-likeness (QED) is 0.881. The summed E-state index contributed by atoms with van der Waals surface area (Å²) in [5.74, 6) is 2.57. The van der Waals surface area contributed by atoms with E-state index in [1.54, 1.807) is 0 Å². The molecule has 0 unspecified atom stereocenters. The van der Waals surface area contributed by atoms with Gasteiger partial charge in [-0.25, -0.2) is 0 Å². The number of amides is 1. The van der Waals surface area contributed by atoms with Gasteiger partial charge in [0.25, 0.3) is 0 Å². The maximum Gasteiger partial charge on any atom is 0.234 e. The molecule has 1 aliphatic carbocycles. The van der Waals surface area contributed by atoms with Crippen LogP contribution in [-0.2, 0) is 4.79 Å². The molecule has 2 aliphatic heterocycles. The van der Waals surface area contributed by atoms with Gasteiger partial charge in [0.1, 0.15) is 0 Å². The van der Waals surface area contributed by atoms with Crippen LogP contribution < -0.4 is 10.2 Å². The van der Waals surface area contributed by atoms with Crippen LogP contribution in [0.4, 0.5) is 5.69 Å². The predicted molar refractivity (Wildman–Crippen MR) is 106 cm³/mol. The number of piperidine rings is 1. The summed E-state index contributed by atoms with van der Waals surface area (Å²) in [5.41, 5.74) is 1.30. The molecule has 26 heavy (non-hydrogen) atoms. The number of nitrogens with zero attached hydrogens (tertiary/aromatic N) is 2. The molecule has 0 radical (unpaired) electrons. The molecule has 2 heterocycles. The van der Waals surface area contributed by atoms with Crippen LogP contribution in [0.5, 0.6) is 0 Å². The number of para-hydroxylation sites is 1. The standard InChI is InChI=1S/C22H33N3O/c26-22(17-24-12-11-19-6-4-5-7-20(19)16-24)23-14-18-10-13-25(15-18)21-8-2-1-3-9-21/h1-3,8-9,18-20H,4-7,10-17H2,(H,23,26)/t18-,19-,20-/m0/s1. The fourth-order valence-corrected chi connectivity index (χ4v) is 5.21. The molecular formula is C22H33N3O. The minimum absolute atomic E-state index is 0.220. The Bertz CT molecular complexity index is 590. The van der Waals surface area contributed by atoms with Gasteiger partial charge in [-0.3, -0.25) is 9.69 Å². The van der Waals surface area contributed by atoms with Gasteiger partial charge in [0, 0.05) is 31.9 Å². The Morgan fingerprint density at radius 1 is 0.962 bits per heavy atom. The number of nitrogens with one attached hydrogen (secondary N) is 1. The number of hydrogen-bond donors (Lipinski definition) is 1. The molecule has 1 aromatic rings. The molecule has 3 atom stereocenters. The molecule has 1 N–H and O–H groups in total. The zero-order valence-electron chi connectivity index (χ0n) is 15.9. The van der Waals surface area contributed by atoms with Crippen LogP contribution in [0, 0.1) is 17.8 Å². The Morgan fingerprint density at radius 2 is 1.77 bits per heavy atom. The van der Waals surface area contributed by atoms with Crippen molar-refractivity contribution in [1.82, 2.24) is 10.2 Å². The van der Waals surface area contributed by atoms with Crippen LogP contribution >= 0.6 is 0 Å². The van der Waals surface area contributed by atoms with E-state index >= 15 is 0 Å². The van der Waals surface area contributed by atoms with Crippen molar-refractivity contribution < 1.29 is 4.79 Å². The Balaban J connectivity index is 1.18. The lowest BCUT2D eigenvalue weighted by atomic mass is 9.75. The van der Waals surface area contributed by atoms with E-state index < -0.39 is 0 Å². The summed E-state index contributed by atoms with van der Waals surface area (Å²) in [7, 11) is 0. The summed E-state index contributed by atoms with van der Waals surface area (Å²) in [6, 6.07) is 10.6. The molecule has 4 nitrogen and oxygen atoms in total. The first-order chi connectivity index (χ1) is 12.8. The van der Waals surface area contributed by atoms with Crippen molar-refractivity contribution in [2.45, 2.75) is 38.5 Å². The van der Waals surface area contributed by atoms with Crippen molar-refractivity contribution in [3.63, 3.8) is 0 Å². The van der Waals surface area contributed by atoms with Crippen molar-refractivity contribution in [3.05, 3.63) is 30.3 Å². The normalized spacial score (nSPS) is 29.4. The first-order valence-electron chi connectivity index (χ1n) is 10.6. The number of anilines is 1. The highest BCUT2D eigenvalue weighted by Crippen LogP contribution is 2.35. The van der Waals surface area contributed by atoms with Gasteiger partial charge in [-0.15, -0.1) is 0 Å². The molecular weight excluding hydrogens is 322 g/mol. The largest absolute Gasteiger partial charge is 0.371 e. The molecule has 1 amide bonds. The van der Waals surface area contributed by atoms with E-state index in [0.29, 0.717) is 12.5 Å². The van der Waals surface area contributed by atoms with Crippen LogP contribution in [0.15, 0.2) is 30.3 Å². The molecule has 4 rings (SSSR count). The molecule has 3 fully saturated rings. The minimum atomic E-state index is 0.220. The third kappa shape index (κ3) is 4.40. The zero-order valence-corrected chi connectivity index (χ0v) is 15.9. The summed E-state index contributed by atoms with van der Waals surface area (Å²) in [4.78, 5) is 17.2. The number of likely N-dealkylation sites (tertiary alicyclic amines) is 1. The Kier molecular flexibility index (Phi) is 5.78. The number of rotatable bonds is 5. The number of carbonyl (C=O) groups is 1. The first kappa shape index (κ1) is 17.8. The number of hydrogen-bond acceptors (Lipinski definition) is 3. The number of carbonyl (C=O) groups excluding carboxylic acids is 1. The average Bonchev–Trinajstić information content (AvgIpc) is 3.16. The van der Waals surface area contributed by atoms with E-state index in [2.05, 4.69) is 45.4 Å². The highest BCUT2D eigenvalue weighted by Gasteiger charge is 2.31. The maximum atomic E-state index is 12.4. The first-order valence-corrected chi connectivity index (χ1v) is 10.6. The van der Waals surface area contributed by atoms with Crippen molar-refractivity contribution in [1.29, 1.82) is 0 Å². The third-order valence-electron chi connectivity index (χ3n) is 6.74. The van der Waals surface area contributed by atoms with Gasteiger partial charge in [0.15, 0.2) is 0 Å². The van der Waals surface area contributed by atoms with E-state index in [-0.39, 0.29) is 5.91 Å². The van der Waals surface area contributed by atoms with Crippen molar-refractivity contribution in [2.75, 3.05) is 44.2 Å². The number of benzene rings is 1. The highest BCUT2D eigenvalue weighted by molar-refractivity contribution is 5.78. The van der Waals surface area contributed by atoms with E-state index in [0.717, 1.165) is 44.6 Å². The van der Waals surface area contributed by atoms with Crippen LogP contribution in [0.1, 0.15) is 38.5 Å². The molecule has 2 saturated heterocycles. The summed E-state index contributed by atoms with van der Waals surface area (Å²) in [5, 5.41) is 3.21. The zero-order chi connectivity index (χ0) is 17.8. The molecule has 1 saturated carbocycles. The molecule has 1 aromatic carbocycles. The van der Waals surface area contributed by atoms with E-state index in [1.165, 1.54) is 44.2 Å². The van der Waals surface area contributed by atoms with Gasteiger partial charge in [-0.05, 0) is 55.7 Å². The van der Waals surface area contributed by atoms with Crippen LogP contribution in [0.3, 0.4) is 0 Å².